The van der Waals surface area contributed by atoms with Crippen molar-refractivity contribution in [3.8, 4) is 0 Å². The molecule has 144 valence electrons. The Morgan fingerprint density at radius 1 is 0.931 bits per heavy atom. The second-order valence-corrected chi connectivity index (χ2v) is 7.29. The zero-order valence-corrected chi connectivity index (χ0v) is 16.4. The minimum absolute atomic E-state index is 0.0368. The molecule has 0 radical (unpaired) electrons. The summed E-state index contributed by atoms with van der Waals surface area (Å²) in [6, 6.07) is 17.4. The number of amides is 1. The molecule has 0 saturated carbocycles. The maximum absolute atomic E-state index is 12.9. The molecule has 0 bridgehead atoms. The van der Waals surface area contributed by atoms with Crippen LogP contribution in [0.3, 0.4) is 0 Å². The first-order valence-corrected chi connectivity index (χ1v) is 9.46. The molecule has 1 atom stereocenters. The van der Waals surface area contributed by atoms with Gasteiger partial charge in [0.25, 0.3) is 5.78 Å². The van der Waals surface area contributed by atoms with E-state index in [-0.39, 0.29) is 11.3 Å². The fraction of sp³-hybridized carbons (Fsp3) is 0.0455. The van der Waals surface area contributed by atoms with Crippen LogP contribution in [-0.2, 0) is 9.59 Å². The monoisotopic (exact) mass is 424 g/mol. The molecular weight excluding hydrogens is 411 g/mol. The van der Waals surface area contributed by atoms with E-state index in [0.717, 1.165) is 0 Å². The SMILES string of the molecule is O=C1C(=O)N(c2ccccn2)[C@@H](c2cccc(Cl)c2)C1=C(O)c1ccc(Cl)cc1. The van der Waals surface area contributed by atoms with Gasteiger partial charge in [-0.2, -0.15) is 0 Å². The van der Waals surface area contributed by atoms with Crippen LogP contribution in [-0.4, -0.2) is 21.8 Å². The Balaban J connectivity index is 1.95. The van der Waals surface area contributed by atoms with Gasteiger partial charge in [-0.05, 0) is 54.1 Å². The van der Waals surface area contributed by atoms with E-state index >= 15 is 0 Å². The zero-order valence-electron chi connectivity index (χ0n) is 14.9. The van der Waals surface area contributed by atoms with Gasteiger partial charge in [-0.25, -0.2) is 4.98 Å². The minimum Gasteiger partial charge on any atom is -0.507 e. The number of carbonyl (C=O) groups excluding carboxylic acids is 2. The van der Waals surface area contributed by atoms with Gasteiger partial charge in [-0.3, -0.25) is 14.5 Å². The molecule has 0 aliphatic carbocycles. The Kier molecular flexibility index (Phi) is 5.09. The van der Waals surface area contributed by atoms with Crippen molar-refractivity contribution < 1.29 is 14.7 Å². The number of aliphatic hydroxyl groups is 1. The Bertz CT molecular complexity index is 1130. The summed E-state index contributed by atoms with van der Waals surface area (Å²) in [5.74, 6) is -1.56. The van der Waals surface area contributed by atoms with Gasteiger partial charge >= 0.3 is 5.91 Å². The van der Waals surface area contributed by atoms with E-state index < -0.39 is 17.7 Å². The molecule has 7 heteroatoms. The van der Waals surface area contributed by atoms with Crippen molar-refractivity contribution in [2.24, 2.45) is 0 Å². The highest BCUT2D eigenvalue weighted by Gasteiger charge is 2.47. The molecule has 1 N–H and O–H groups in total. The highest BCUT2D eigenvalue weighted by Crippen LogP contribution is 2.42. The summed E-state index contributed by atoms with van der Waals surface area (Å²) in [5, 5.41) is 11.9. The third-order valence-electron chi connectivity index (χ3n) is 4.62. The summed E-state index contributed by atoms with van der Waals surface area (Å²) in [5.41, 5.74) is 0.920. The average molecular weight is 425 g/mol. The number of Topliss-reactive ketones (excluding diaryl/α,β-unsaturated/α-hetero) is 1. The highest BCUT2D eigenvalue weighted by atomic mass is 35.5. The van der Waals surface area contributed by atoms with Crippen LogP contribution in [0.4, 0.5) is 5.82 Å². The first-order valence-electron chi connectivity index (χ1n) is 8.71. The molecule has 1 fully saturated rings. The van der Waals surface area contributed by atoms with Gasteiger partial charge in [0.1, 0.15) is 11.6 Å². The predicted molar refractivity (Wildman–Crippen MR) is 112 cm³/mol. The van der Waals surface area contributed by atoms with Crippen LogP contribution in [0, 0.1) is 0 Å². The number of pyridine rings is 1. The van der Waals surface area contributed by atoms with Crippen molar-refractivity contribution in [3.63, 3.8) is 0 Å². The van der Waals surface area contributed by atoms with Crippen molar-refractivity contribution >= 4 is 46.5 Å². The number of anilines is 1. The van der Waals surface area contributed by atoms with E-state index in [1.165, 1.54) is 11.1 Å². The number of aliphatic hydroxyl groups excluding tert-OH is 1. The van der Waals surface area contributed by atoms with E-state index in [0.29, 0.717) is 27.0 Å². The molecule has 1 saturated heterocycles. The smallest absolute Gasteiger partial charge is 0.301 e. The van der Waals surface area contributed by atoms with Crippen LogP contribution >= 0.6 is 23.2 Å². The number of hydrogen-bond donors (Lipinski definition) is 1. The lowest BCUT2D eigenvalue weighted by Crippen LogP contribution is -2.30. The van der Waals surface area contributed by atoms with Crippen molar-refractivity contribution in [2.45, 2.75) is 6.04 Å². The molecule has 1 aliphatic rings. The Morgan fingerprint density at radius 3 is 2.34 bits per heavy atom. The van der Waals surface area contributed by atoms with E-state index in [4.69, 9.17) is 23.2 Å². The van der Waals surface area contributed by atoms with Gasteiger partial charge in [0, 0.05) is 21.8 Å². The lowest BCUT2D eigenvalue weighted by molar-refractivity contribution is -0.132. The zero-order chi connectivity index (χ0) is 20.5. The third kappa shape index (κ3) is 3.50. The quantitative estimate of drug-likeness (QED) is 0.364. The average Bonchev–Trinajstić information content (AvgIpc) is 2.99. The standard InChI is InChI=1S/C22H14Cl2N2O3/c23-15-9-7-13(8-10-15)20(27)18-19(14-4-3-5-16(24)12-14)26(22(29)21(18)28)17-6-1-2-11-25-17/h1-12,19,27H/t19-/m0/s1. The fourth-order valence-corrected chi connectivity index (χ4v) is 3.65. The molecule has 5 nitrogen and oxygen atoms in total. The topological polar surface area (TPSA) is 70.5 Å². The molecule has 29 heavy (non-hydrogen) atoms. The Labute approximate surface area is 176 Å². The summed E-state index contributed by atoms with van der Waals surface area (Å²) in [7, 11) is 0. The first kappa shape index (κ1) is 19.2. The highest BCUT2D eigenvalue weighted by molar-refractivity contribution is 6.51. The molecule has 1 aliphatic heterocycles. The summed E-state index contributed by atoms with van der Waals surface area (Å²) < 4.78 is 0. The molecule has 4 rings (SSSR count). The van der Waals surface area contributed by atoms with Gasteiger partial charge in [-0.1, -0.05) is 41.4 Å². The fourth-order valence-electron chi connectivity index (χ4n) is 3.32. The van der Waals surface area contributed by atoms with Crippen LogP contribution in [0.2, 0.25) is 10.0 Å². The van der Waals surface area contributed by atoms with Crippen LogP contribution in [0.25, 0.3) is 5.76 Å². The van der Waals surface area contributed by atoms with Gasteiger partial charge in [0.2, 0.25) is 0 Å². The summed E-state index contributed by atoms with van der Waals surface area (Å²) >= 11 is 12.1. The van der Waals surface area contributed by atoms with Crippen LogP contribution in [0.15, 0.2) is 78.5 Å². The van der Waals surface area contributed by atoms with Crippen molar-refractivity contribution in [2.75, 3.05) is 4.90 Å². The molecule has 2 aromatic carbocycles. The Morgan fingerprint density at radius 2 is 1.69 bits per heavy atom. The number of hydrogen-bond acceptors (Lipinski definition) is 4. The lowest BCUT2D eigenvalue weighted by atomic mass is 9.95. The minimum atomic E-state index is -0.876. The molecule has 2 heterocycles. The molecule has 3 aromatic rings. The van der Waals surface area contributed by atoms with Gasteiger partial charge in [0.05, 0.1) is 11.6 Å². The van der Waals surface area contributed by atoms with Crippen molar-refractivity contribution in [1.29, 1.82) is 0 Å². The van der Waals surface area contributed by atoms with E-state index in [1.807, 2.05) is 0 Å². The van der Waals surface area contributed by atoms with Crippen LogP contribution in [0.1, 0.15) is 17.2 Å². The van der Waals surface area contributed by atoms with Gasteiger partial charge in [-0.15, -0.1) is 0 Å². The van der Waals surface area contributed by atoms with Gasteiger partial charge < -0.3 is 5.11 Å². The third-order valence-corrected chi connectivity index (χ3v) is 5.11. The number of halogens is 2. The number of aromatic nitrogens is 1. The van der Waals surface area contributed by atoms with Crippen LogP contribution < -0.4 is 4.90 Å². The summed E-state index contributed by atoms with van der Waals surface area (Å²) in [6.07, 6.45) is 1.53. The largest absolute Gasteiger partial charge is 0.507 e. The summed E-state index contributed by atoms with van der Waals surface area (Å²) in [6.45, 7) is 0. The predicted octanol–water partition coefficient (Wildman–Crippen LogP) is 5.01. The Hall–Kier alpha value is -3.15. The number of carbonyl (C=O) groups is 2. The van der Waals surface area contributed by atoms with Crippen molar-refractivity contribution in [3.05, 3.63) is 99.7 Å². The molecule has 1 amide bonds. The maximum atomic E-state index is 12.9. The number of nitrogens with zero attached hydrogens (tertiary/aromatic N) is 2. The number of rotatable bonds is 3. The summed E-state index contributed by atoms with van der Waals surface area (Å²) in [4.78, 5) is 31.3. The molecule has 0 spiro atoms. The number of ketones is 1. The van der Waals surface area contributed by atoms with E-state index in [1.54, 1.807) is 66.7 Å². The van der Waals surface area contributed by atoms with E-state index in [2.05, 4.69) is 4.98 Å². The number of benzene rings is 2. The lowest BCUT2D eigenvalue weighted by Gasteiger charge is -2.24. The second-order valence-electron chi connectivity index (χ2n) is 6.42. The first-order chi connectivity index (χ1) is 14.0. The molecule has 1 aromatic heterocycles. The molecular formula is C22H14Cl2N2O3. The maximum Gasteiger partial charge on any atom is 0.301 e. The van der Waals surface area contributed by atoms with Crippen LogP contribution in [0.5, 0.6) is 0 Å². The van der Waals surface area contributed by atoms with Gasteiger partial charge in [0.15, 0.2) is 0 Å². The normalized spacial score (nSPS) is 18.3. The molecule has 0 unspecified atom stereocenters. The van der Waals surface area contributed by atoms with E-state index in [9.17, 15) is 14.7 Å². The second kappa shape index (κ2) is 7.70. The van der Waals surface area contributed by atoms with Crippen molar-refractivity contribution in [1.82, 2.24) is 4.98 Å².